The van der Waals surface area contributed by atoms with Gasteiger partial charge in [0.25, 0.3) is 0 Å². The third-order valence-electron chi connectivity index (χ3n) is 4.11. The maximum Gasteiger partial charge on any atom is 0.231 e. The molecule has 1 atom stereocenters. The summed E-state index contributed by atoms with van der Waals surface area (Å²) in [4.78, 5) is 17.7. The van der Waals surface area contributed by atoms with E-state index < -0.39 is 0 Å². The first-order valence-electron chi connectivity index (χ1n) is 8.08. The zero-order chi connectivity index (χ0) is 16.9. The Kier molecular flexibility index (Phi) is 5.08. The predicted molar refractivity (Wildman–Crippen MR) is 84.1 cm³/mol. The summed E-state index contributed by atoms with van der Waals surface area (Å²) in [6.07, 6.45) is 2.39. The summed E-state index contributed by atoms with van der Waals surface area (Å²) in [6, 6.07) is 5.86. The Labute approximate surface area is 139 Å². The molecular formula is C17H20FN3O3. The number of carbonyl (C=O) groups excluding carboxylic acids is 1. The Morgan fingerprint density at radius 3 is 2.96 bits per heavy atom. The zero-order valence-electron chi connectivity index (χ0n) is 13.6. The predicted octanol–water partition coefficient (Wildman–Crippen LogP) is 2.56. The lowest BCUT2D eigenvalue weighted by Gasteiger charge is -2.29. The van der Waals surface area contributed by atoms with Gasteiger partial charge in [0.05, 0.1) is 12.5 Å². The number of ether oxygens (including phenoxy) is 1. The summed E-state index contributed by atoms with van der Waals surface area (Å²) in [5, 5.41) is 3.98. The topological polar surface area (TPSA) is 68.5 Å². The van der Waals surface area contributed by atoms with Crippen molar-refractivity contribution in [3.63, 3.8) is 0 Å². The fourth-order valence-electron chi connectivity index (χ4n) is 2.79. The number of benzene rings is 1. The first kappa shape index (κ1) is 16.4. The van der Waals surface area contributed by atoms with Gasteiger partial charge >= 0.3 is 0 Å². The SMILES string of the molecule is CC(=O)N1CCCC(c2nc(CCOc3ccc(F)cc3)no2)C1. The van der Waals surface area contributed by atoms with E-state index in [4.69, 9.17) is 9.26 Å². The van der Waals surface area contributed by atoms with Gasteiger partial charge < -0.3 is 14.2 Å². The average molecular weight is 333 g/mol. The number of hydrogen-bond donors (Lipinski definition) is 0. The van der Waals surface area contributed by atoms with E-state index in [2.05, 4.69) is 10.1 Å². The highest BCUT2D eigenvalue weighted by molar-refractivity contribution is 5.73. The molecule has 1 aliphatic heterocycles. The van der Waals surface area contributed by atoms with Crippen LogP contribution in [0.2, 0.25) is 0 Å². The zero-order valence-corrected chi connectivity index (χ0v) is 13.6. The van der Waals surface area contributed by atoms with Gasteiger partial charge in [-0.25, -0.2) is 4.39 Å². The van der Waals surface area contributed by atoms with Crippen LogP contribution in [0.1, 0.15) is 37.4 Å². The number of hydrogen-bond acceptors (Lipinski definition) is 5. The van der Waals surface area contributed by atoms with E-state index in [-0.39, 0.29) is 17.6 Å². The molecular weight excluding hydrogens is 313 g/mol. The van der Waals surface area contributed by atoms with Gasteiger partial charge in [0.15, 0.2) is 5.82 Å². The largest absolute Gasteiger partial charge is 0.493 e. The minimum absolute atomic E-state index is 0.0761. The lowest BCUT2D eigenvalue weighted by Crippen LogP contribution is -2.37. The van der Waals surface area contributed by atoms with Crippen LogP contribution >= 0.6 is 0 Å². The molecule has 128 valence electrons. The number of amides is 1. The number of aromatic nitrogens is 2. The van der Waals surface area contributed by atoms with E-state index in [1.165, 1.54) is 12.1 Å². The van der Waals surface area contributed by atoms with Crippen molar-refractivity contribution in [3.8, 4) is 5.75 Å². The second-order valence-electron chi connectivity index (χ2n) is 5.91. The molecule has 0 N–H and O–H groups in total. The molecule has 0 radical (unpaired) electrons. The van der Waals surface area contributed by atoms with Crippen molar-refractivity contribution in [1.82, 2.24) is 15.0 Å². The van der Waals surface area contributed by atoms with Crippen LogP contribution in [0, 0.1) is 5.82 Å². The van der Waals surface area contributed by atoms with Gasteiger partial charge in [-0.2, -0.15) is 4.98 Å². The third-order valence-corrected chi connectivity index (χ3v) is 4.11. The molecule has 0 bridgehead atoms. The van der Waals surface area contributed by atoms with Crippen molar-refractivity contribution >= 4 is 5.91 Å². The lowest BCUT2D eigenvalue weighted by molar-refractivity contribution is -0.130. The molecule has 0 spiro atoms. The summed E-state index contributed by atoms with van der Waals surface area (Å²) < 4.78 is 23.7. The van der Waals surface area contributed by atoms with E-state index in [1.54, 1.807) is 19.1 Å². The summed E-state index contributed by atoms with van der Waals surface area (Å²) >= 11 is 0. The van der Waals surface area contributed by atoms with Gasteiger partial charge in [0.2, 0.25) is 11.8 Å². The van der Waals surface area contributed by atoms with Crippen LogP contribution < -0.4 is 4.74 Å². The molecule has 6 nitrogen and oxygen atoms in total. The normalized spacial score (nSPS) is 17.8. The molecule has 1 unspecified atom stereocenters. The van der Waals surface area contributed by atoms with Gasteiger partial charge in [-0.3, -0.25) is 4.79 Å². The Balaban J connectivity index is 1.51. The van der Waals surface area contributed by atoms with Crippen LogP contribution in [0.3, 0.4) is 0 Å². The highest BCUT2D eigenvalue weighted by Gasteiger charge is 2.27. The standard InChI is InChI=1S/C17H20FN3O3/c1-12(22)21-9-2-3-13(11-21)17-19-16(20-24-17)8-10-23-15-6-4-14(18)5-7-15/h4-7,13H,2-3,8-11H2,1H3. The Hall–Kier alpha value is -2.44. The molecule has 1 fully saturated rings. The smallest absolute Gasteiger partial charge is 0.231 e. The van der Waals surface area contributed by atoms with Crippen LogP contribution in [0.4, 0.5) is 4.39 Å². The van der Waals surface area contributed by atoms with E-state index in [9.17, 15) is 9.18 Å². The van der Waals surface area contributed by atoms with Crippen molar-refractivity contribution in [2.24, 2.45) is 0 Å². The average Bonchev–Trinajstić information content (AvgIpc) is 3.06. The van der Waals surface area contributed by atoms with Crippen LogP contribution in [-0.2, 0) is 11.2 Å². The fourth-order valence-corrected chi connectivity index (χ4v) is 2.79. The van der Waals surface area contributed by atoms with Gasteiger partial charge in [-0.15, -0.1) is 0 Å². The molecule has 7 heteroatoms. The van der Waals surface area contributed by atoms with Crippen molar-refractivity contribution < 1.29 is 18.4 Å². The summed E-state index contributed by atoms with van der Waals surface area (Å²) in [5.41, 5.74) is 0. The van der Waals surface area contributed by atoms with Crippen molar-refractivity contribution in [1.29, 1.82) is 0 Å². The van der Waals surface area contributed by atoms with E-state index in [1.807, 2.05) is 4.90 Å². The molecule has 1 amide bonds. The quantitative estimate of drug-likeness (QED) is 0.841. The lowest BCUT2D eigenvalue weighted by atomic mass is 9.98. The number of rotatable bonds is 5. The van der Waals surface area contributed by atoms with Gasteiger partial charge in [0, 0.05) is 26.4 Å². The molecule has 2 aromatic rings. The minimum Gasteiger partial charge on any atom is -0.493 e. The maximum atomic E-state index is 12.8. The van der Waals surface area contributed by atoms with E-state index in [0.29, 0.717) is 37.0 Å². The summed E-state index contributed by atoms with van der Waals surface area (Å²) in [7, 11) is 0. The summed E-state index contributed by atoms with van der Waals surface area (Å²) in [5.74, 6) is 1.64. The van der Waals surface area contributed by atoms with Crippen LogP contribution in [0.25, 0.3) is 0 Å². The van der Waals surface area contributed by atoms with E-state index >= 15 is 0 Å². The number of carbonyl (C=O) groups is 1. The van der Waals surface area contributed by atoms with E-state index in [0.717, 1.165) is 19.4 Å². The molecule has 1 aliphatic rings. The minimum atomic E-state index is -0.294. The highest BCUT2D eigenvalue weighted by Crippen LogP contribution is 2.25. The van der Waals surface area contributed by atoms with Crippen LogP contribution in [0.5, 0.6) is 5.75 Å². The second-order valence-corrected chi connectivity index (χ2v) is 5.91. The Morgan fingerprint density at radius 1 is 1.42 bits per heavy atom. The fraction of sp³-hybridized carbons (Fsp3) is 0.471. The number of piperidine rings is 1. The molecule has 0 saturated carbocycles. The maximum absolute atomic E-state index is 12.8. The first-order valence-corrected chi connectivity index (χ1v) is 8.08. The second kappa shape index (κ2) is 7.42. The number of halogens is 1. The first-order chi connectivity index (χ1) is 11.6. The molecule has 2 heterocycles. The molecule has 1 aromatic heterocycles. The molecule has 3 rings (SSSR count). The van der Waals surface area contributed by atoms with Crippen molar-refractivity contribution in [3.05, 3.63) is 41.8 Å². The van der Waals surface area contributed by atoms with Crippen molar-refractivity contribution in [2.75, 3.05) is 19.7 Å². The Morgan fingerprint density at radius 2 is 2.21 bits per heavy atom. The van der Waals surface area contributed by atoms with Gasteiger partial charge in [-0.05, 0) is 37.1 Å². The van der Waals surface area contributed by atoms with Crippen molar-refractivity contribution in [2.45, 2.75) is 32.1 Å². The third kappa shape index (κ3) is 4.10. The van der Waals surface area contributed by atoms with Crippen LogP contribution in [0.15, 0.2) is 28.8 Å². The highest BCUT2D eigenvalue weighted by atomic mass is 19.1. The molecule has 1 aromatic carbocycles. The Bertz CT molecular complexity index is 687. The molecule has 24 heavy (non-hydrogen) atoms. The summed E-state index contributed by atoms with van der Waals surface area (Å²) in [6.45, 7) is 3.38. The van der Waals surface area contributed by atoms with Gasteiger partial charge in [0.1, 0.15) is 11.6 Å². The van der Waals surface area contributed by atoms with Gasteiger partial charge in [-0.1, -0.05) is 5.16 Å². The molecule has 1 saturated heterocycles. The monoisotopic (exact) mass is 333 g/mol. The number of nitrogens with zero attached hydrogens (tertiary/aromatic N) is 3. The molecule has 0 aliphatic carbocycles. The number of likely N-dealkylation sites (tertiary alicyclic amines) is 1. The van der Waals surface area contributed by atoms with Crippen LogP contribution in [-0.4, -0.2) is 40.6 Å².